The first-order chi connectivity index (χ1) is 6.13. The maximum Gasteiger partial charge on any atom is 0.408 e. The normalized spacial score (nSPS) is 21.1. The zero-order valence-electron chi connectivity index (χ0n) is 7.94. The van der Waals surface area contributed by atoms with Crippen LogP contribution in [0.25, 0.3) is 0 Å². The summed E-state index contributed by atoms with van der Waals surface area (Å²) in [7, 11) is 0. The lowest BCUT2D eigenvalue weighted by molar-refractivity contribution is 0.108. The minimum Gasteiger partial charge on any atom is -0.465 e. The van der Waals surface area contributed by atoms with Gasteiger partial charge in [-0.05, 0) is 19.8 Å². The average molecular weight is 203 g/mol. The summed E-state index contributed by atoms with van der Waals surface area (Å²) in [5.41, 5.74) is 0. The van der Waals surface area contributed by atoms with Crippen molar-refractivity contribution in [1.29, 1.82) is 0 Å². The van der Waals surface area contributed by atoms with Crippen molar-refractivity contribution in [3.05, 3.63) is 0 Å². The predicted molar refractivity (Wildman–Crippen MR) is 55.2 cm³/mol. The Bertz CT molecular complexity index is 178. The molecule has 1 amide bonds. The SMILES string of the molecule is CC(S)N(C(=O)O)C1CCCCC1. The summed E-state index contributed by atoms with van der Waals surface area (Å²) in [4.78, 5) is 12.4. The summed E-state index contributed by atoms with van der Waals surface area (Å²) in [5.74, 6) is 0. The molecule has 3 nitrogen and oxygen atoms in total. The molecule has 1 aliphatic carbocycles. The van der Waals surface area contributed by atoms with Gasteiger partial charge in [0.05, 0.1) is 5.37 Å². The summed E-state index contributed by atoms with van der Waals surface area (Å²) < 4.78 is 0. The molecule has 1 fully saturated rings. The Morgan fingerprint density at radius 1 is 1.46 bits per heavy atom. The average Bonchev–Trinajstić information content (AvgIpc) is 2.04. The van der Waals surface area contributed by atoms with E-state index in [0.29, 0.717) is 0 Å². The molecule has 0 radical (unpaired) electrons. The maximum atomic E-state index is 10.9. The molecule has 0 heterocycles. The molecule has 0 aromatic heterocycles. The second-order valence-electron chi connectivity index (χ2n) is 3.61. The van der Waals surface area contributed by atoms with Crippen LogP contribution in [-0.2, 0) is 0 Å². The highest BCUT2D eigenvalue weighted by Crippen LogP contribution is 2.24. The Hall–Kier alpha value is -0.380. The van der Waals surface area contributed by atoms with Gasteiger partial charge in [0.2, 0.25) is 0 Å². The Balaban J connectivity index is 2.57. The largest absolute Gasteiger partial charge is 0.465 e. The van der Waals surface area contributed by atoms with Crippen LogP contribution in [-0.4, -0.2) is 27.5 Å². The molecular formula is C9H17NO2S. The van der Waals surface area contributed by atoms with E-state index in [1.165, 1.54) is 11.3 Å². The molecule has 0 saturated heterocycles. The zero-order chi connectivity index (χ0) is 9.84. The molecular weight excluding hydrogens is 186 g/mol. The van der Waals surface area contributed by atoms with Crippen LogP contribution in [0.5, 0.6) is 0 Å². The van der Waals surface area contributed by atoms with Gasteiger partial charge < -0.3 is 5.11 Å². The van der Waals surface area contributed by atoms with Crippen LogP contribution in [0, 0.1) is 0 Å². The van der Waals surface area contributed by atoms with Gasteiger partial charge >= 0.3 is 6.09 Å². The van der Waals surface area contributed by atoms with Gasteiger partial charge in [0.25, 0.3) is 0 Å². The minimum absolute atomic E-state index is 0.193. The molecule has 76 valence electrons. The number of rotatable bonds is 2. The Morgan fingerprint density at radius 2 is 2.00 bits per heavy atom. The fraction of sp³-hybridized carbons (Fsp3) is 0.889. The summed E-state index contributed by atoms with van der Waals surface area (Å²) in [6, 6.07) is 0.193. The van der Waals surface area contributed by atoms with Gasteiger partial charge in [-0.1, -0.05) is 19.3 Å². The molecule has 0 bridgehead atoms. The predicted octanol–water partition coefficient (Wildman–Crippen LogP) is 2.57. The van der Waals surface area contributed by atoms with Crippen LogP contribution >= 0.6 is 12.6 Å². The summed E-state index contributed by atoms with van der Waals surface area (Å²) in [5, 5.41) is 8.78. The van der Waals surface area contributed by atoms with E-state index in [4.69, 9.17) is 5.11 Å². The van der Waals surface area contributed by atoms with Crippen molar-refractivity contribution < 1.29 is 9.90 Å². The number of amides is 1. The third kappa shape index (κ3) is 2.79. The highest BCUT2D eigenvalue weighted by molar-refractivity contribution is 7.80. The molecule has 1 unspecified atom stereocenters. The molecule has 0 aromatic rings. The molecule has 0 spiro atoms. The number of hydrogen-bond donors (Lipinski definition) is 2. The van der Waals surface area contributed by atoms with E-state index in [1.54, 1.807) is 0 Å². The van der Waals surface area contributed by atoms with Gasteiger partial charge in [-0.2, -0.15) is 12.6 Å². The Morgan fingerprint density at radius 3 is 2.38 bits per heavy atom. The quantitative estimate of drug-likeness (QED) is 0.535. The van der Waals surface area contributed by atoms with Crippen LogP contribution in [0.15, 0.2) is 0 Å². The molecule has 13 heavy (non-hydrogen) atoms. The second-order valence-corrected chi connectivity index (χ2v) is 4.36. The number of thiol groups is 1. The van der Waals surface area contributed by atoms with Crippen molar-refractivity contribution >= 4 is 18.7 Å². The highest BCUT2D eigenvalue weighted by atomic mass is 32.1. The van der Waals surface area contributed by atoms with Gasteiger partial charge in [0.15, 0.2) is 0 Å². The third-order valence-corrected chi connectivity index (χ3v) is 2.84. The van der Waals surface area contributed by atoms with Crippen molar-refractivity contribution in [3.8, 4) is 0 Å². The minimum atomic E-state index is -0.839. The summed E-state index contributed by atoms with van der Waals surface area (Å²) >= 11 is 4.19. The van der Waals surface area contributed by atoms with Crippen LogP contribution in [0.1, 0.15) is 39.0 Å². The van der Waals surface area contributed by atoms with Gasteiger partial charge in [-0.15, -0.1) is 0 Å². The molecule has 0 aliphatic heterocycles. The first-order valence-electron chi connectivity index (χ1n) is 4.82. The fourth-order valence-electron chi connectivity index (χ4n) is 1.98. The van der Waals surface area contributed by atoms with E-state index in [0.717, 1.165) is 25.7 Å². The van der Waals surface area contributed by atoms with Crippen molar-refractivity contribution in [1.82, 2.24) is 4.90 Å². The van der Waals surface area contributed by atoms with E-state index in [1.807, 2.05) is 6.92 Å². The van der Waals surface area contributed by atoms with Crippen LogP contribution < -0.4 is 0 Å². The molecule has 1 atom stereocenters. The lowest BCUT2D eigenvalue weighted by Crippen LogP contribution is -2.44. The standard InChI is InChI=1S/C9H17NO2S/c1-7(13)10(9(11)12)8-5-3-2-4-6-8/h7-8,13H,2-6H2,1H3,(H,11,12). The Labute approximate surface area is 84.5 Å². The topological polar surface area (TPSA) is 40.5 Å². The smallest absolute Gasteiger partial charge is 0.408 e. The Kier molecular flexibility index (Phi) is 3.90. The van der Waals surface area contributed by atoms with Crippen molar-refractivity contribution in [3.63, 3.8) is 0 Å². The molecule has 0 aromatic carbocycles. The number of hydrogen-bond acceptors (Lipinski definition) is 2. The molecule has 1 rings (SSSR count). The summed E-state index contributed by atoms with van der Waals surface area (Å²) in [6.45, 7) is 1.81. The van der Waals surface area contributed by atoms with Gasteiger partial charge in [0.1, 0.15) is 0 Å². The van der Waals surface area contributed by atoms with Crippen molar-refractivity contribution in [2.75, 3.05) is 0 Å². The van der Waals surface area contributed by atoms with Crippen molar-refractivity contribution in [2.24, 2.45) is 0 Å². The van der Waals surface area contributed by atoms with E-state index in [9.17, 15) is 4.79 Å². The fourth-order valence-corrected chi connectivity index (χ4v) is 2.27. The molecule has 1 aliphatic rings. The number of nitrogens with zero attached hydrogens (tertiary/aromatic N) is 1. The van der Waals surface area contributed by atoms with Gasteiger partial charge in [-0.3, -0.25) is 4.90 Å². The van der Waals surface area contributed by atoms with Gasteiger partial charge in [0, 0.05) is 6.04 Å². The van der Waals surface area contributed by atoms with Crippen LogP contribution in [0.2, 0.25) is 0 Å². The van der Waals surface area contributed by atoms with Crippen LogP contribution in [0.3, 0.4) is 0 Å². The zero-order valence-corrected chi connectivity index (χ0v) is 8.83. The maximum absolute atomic E-state index is 10.9. The molecule has 1 saturated carbocycles. The lowest BCUT2D eigenvalue weighted by Gasteiger charge is -2.34. The number of carboxylic acid groups (broad SMARTS) is 1. The first kappa shape index (κ1) is 10.7. The second kappa shape index (κ2) is 4.74. The van der Waals surface area contributed by atoms with Gasteiger partial charge in [-0.25, -0.2) is 4.79 Å². The highest BCUT2D eigenvalue weighted by Gasteiger charge is 2.27. The number of carbonyl (C=O) groups is 1. The van der Waals surface area contributed by atoms with E-state index in [-0.39, 0.29) is 11.4 Å². The first-order valence-corrected chi connectivity index (χ1v) is 5.34. The molecule has 4 heteroatoms. The van der Waals surface area contributed by atoms with Crippen molar-refractivity contribution in [2.45, 2.75) is 50.4 Å². The monoisotopic (exact) mass is 203 g/mol. The third-order valence-electron chi connectivity index (χ3n) is 2.59. The molecule has 1 N–H and O–H groups in total. The van der Waals surface area contributed by atoms with E-state index < -0.39 is 6.09 Å². The van der Waals surface area contributed by atoms with E-state index >= 15 is 0 Å². The summed E-state index contributed by atoms with van der Waals surface area (Å²) in [6.07, 6.45) is 4.69. The lowest BCUT2D eigenvalue weighted by atomic mass is 9.94. The van der Waals surface area contributed by atoms with E-state index in [2.05, 4.69) is 12.6 Å². The van der Waals surface area contributed by atoms with Crippen LogP contribution in [0.4, 0.5) is 4.79 Å².